The van der Waals surface area contributed by atoms with Crippen LogP contribution in [0.1, 0.15) is 44.1 Å². The number of carbonyl (C=O) groups is 2. The van der Waals surface area contributed by atoms with Crippen molar-refractivity contribution in [3.05, 3.63) is 12.0 Å². The highest BCUT2D eigenvalue weighted by atomic mass is 32.2. The summed E-state index contributed by atoms with van der Waals surface area (Å²) in [5.41, 5.74) is 5.53. The van der Waals surface area contributed by atoms with Crippen LogP contribution < -0.4 is 5.73 Å². The molecular weight excluding hydrogens is 419 g/mol. The number of amidine groups is 1. The maximum atomic E-state index is 12.0. The molecule has 0 radical (unpaired) electrons. The molecule has 0 spiro atoms. The van der Waals surface area contributed by atoms with Gasteiger partial charge in [0, 0.05) is 15.7 Å². The summed E-state index contributed by atoms with van der Waals surface area (Å²) in [4.78, 5) is 31.9. The molecule has 0 saturated heterocycles. The van der Waals surface area contributed by atoms with Crippen LogP contribution in [-0.4, -0.2) is 51.9 Å². The van der Waals surface area contributed by atoms with Crippen molar-refractivity contribution in [3.8, 4) is 0 Å². The fourth-order valence-electron chi connectivity index (χ4n) is 2.16. The third kappa shape index (κ3) is 6.97. The Morgan fingerprint density at radius 2 is 2.07 bits per heavy atom. The van der Waals surface area contributed by atoms with Gasteiger partial charge in [-0.1, -0.05) is 32.5 Å². The van der Waals surface area contributed by atoms with E-state index in [0.717, 1.165) is 6.42 Å². The average Bonchev–Trinajstić information content (AvgIpc) is 3.07. The Kier molecular flexibility index (Phi) is 8.91. The van der Waals surface area contributed by atoms with Gasteiger partial charge >= 0.3 is 8.25 Å². The third-order valence-electron chi connectivity index (χ3n) is 4.27. The summed E-state index contributed by atoms with van der Waals surface area (Å²) < 4.78 is 28.7. The van der Waals surface area contributed by atoms with Gasteiger partial charge in [0.05, 0.1) is 19.4 Å². The van der Waals surface area contributed by atoms with E-state index in [4.69, 9.17) is 19.5 Å². The van der Waals surface area contributed by atoms with Gasteiger partial charge < -0.3 is 10.5 Å². The zero-order chi connectivity index (χ0) is 21.4. The van der Waals surface area contributed by atoms with E-state index in [2.05, 4.69) is 9.98 Å². The summed E-state index contributed by atoms with van der Waals surface area (Å²) in [6.45, 7) is 6.22. The molecule has 0 bridgehead atoms. The van der Waals surface area contributed by atoms with E-state index in [-0.39, 0.29) is 60.8 Å². The van der Waals surface area contributed by atoms with Gasteiger partial charge in [-0.3, -0.25) is 14.2 Å². The molecule has 0 aromatic carbocycles. The second-order valence-electron chi connectivity index (χ2n) is 6.89. The molecule has 29 heavy (non-hydrogen) atoms. The minimum atomic E-state index is -2.28. The van der Waals surface area contributed by atoms with Crippen LogP contribution >= 0.6 is 20.0 Å². The molecular formula is C17H26N4O6PS+. The van der Waals surface area contributed by atoms with Crippen LogP contribution in [0.15, 0.2) is 11.3 Å². The lowest BCUT2D eigenvalue weighted by Crippen LogP contribution is -2.21. The predicted octanol–water partition coefficient (Wildman–Crippen LogP) is 2.82. The lowest BCUT2D eigenvalue weighted by atomic mass is 9.92. The number of rotatable bonds is 12. The topological polar surface area (TPSA) is 135 Å². The summed E-state index contributed by atoms with van der Waals surface area (Å²) in [5.74, 6) is 0.839. The van der Waals surface area contributed by atoms with Crippen molar-refractivity contribution in [3.63, 3.8) is 0 Å². The normalized spacial score (nSPS) is 14.5. The first-order valence-electron chi connectivity index (χ1n) is 9.14. The predicted molar refractivity (Wildman–Crippen MR) is 109 cm³/mol. The molecule has 10 nitrogen and oxygen atoms in total. The Morgan fingerprint density at radius 1 is 1.34 bits per heavy atom. The average molecular weight is 445 g/mol. The summed E-state index contributed by atoms with van der Waals surface area (Å²) in [5, 5.41) is 0.0858. The number of hydrogen-bond acceptors (Lipinski definition) is 10. The van der Waals surface area contributed by atoms with E-state index in [1.807, 2.05) is 20.8 Å². The van der Waals surface area contributed by atoms with Crippen LogP contribution in [0.25, 0.3) is 0 Å². The van der Waals surface area contributed by atoms with Crippen molar-refractivity contribution < 1.29 is 27.9 Å². The van der Waals surface area contributed by atoms with Gasteiger partial charge in [-0.2, -0.15) is 0 Å². The highest BCUT2D eigenvalue weighted by Gasteiger charge is 2.27. The molecule has 160 valence electrons. The Balaban J connectivity index is 1.59. The number of hydrogen-bond donors (Lipinski definition) is 1. The molecule has 1 aliphatic heterocycles. The zero-order valence-corrected chi connectivity index (χ0v) is 18.5. The first-order chi connectivity index (χ1) is 13.7. The molecule has 1 aliphatic rings. The molecule has 0 fully saturated rings. The lowest BCUT2D eigenvalue weighted by Gasteiger charge is -2.19. The molecule has 1 aromatic heterocycles. The number of imidazole rings is 1. The van der Waals surface area contributed by atoms with E-state index < -0.39 is 8.25 Å². The molecule has 2 N–H and O–H groups in total. The van der Waals surface area contributed by atoms with Crippen molar-refractivity contribution in [1.82, 2.24) is 9.55 Å². The molecule has 1 unspecified atom stereocenters. The van der Waals surface area contributed by atoms with Gasteiger partial charge in [0.1, 0.15) is 25.8 Å². The Labute approximate surface area is 174 Å². The zero-order valence-electron chi connectivity index (χ0n) is 16.8. The minimum absolute atomic E-state index is 0.0609. The van der Waals surface area contributed by atoms with E-state index in [9.17, 15) is 14.2 Å². The third-order valence-corrected chi connectivity index (χ3v) is 6.24. The van der Waals surface area contributed by atoms with E-state index in [1.165, 1.54) is 18.1 Å². The quantitative estimate of drug-likeness (QED) is 0.380. The first kappa shape index (κ1) is 23.6. The summed E-state index contributed by atoms with van der Waals surface area (Å²) >= 11 is 1.17. The maximum Gasteiger partial charge on any atom is 0.697 e. The van der Waals surface area contributed by atoms with Gasteiger partial charge in [0.15, 0.2) is 22.4 Å². The molecule has 12 heteroatoms. The molecule has 2 rings (SSSR count). The fourth-order valence-corrected chi connectivity index (χ4v) is 3.71. The number of ether oxygens (including phenoxy) is 1. The first-order valence-corrected chi connectivity index (χ1v) is 11.2. The van der Waals surface area contributed by atoms with E-state index in [0.29, 0.717) is 11.6 Å². The van der Waals surface area contributed by atoms with Crippen LogP contribution in [0.2, 0.25) is 0 Å². The second-order valence-corrected chi connectivity index (χ2v) is 8.92. The number of carbonyl (C=O) groups excluding carboxylic acids is 2. The highest BCUT2D eigenvalue weighted by molar-refractivity contribution is 8.13. The number of aromatic nitrogens is 2. The molecule has 2 heterocycles. The number of nitrogens with two attached hydrogens (primary N) is 1. The van der Waals surface area contributed by atoms with Crippen LogP contribution in [-0.2, 0) is 29.9 Å². The molecule has 0 saturated carbocycles. The van der Waals surface area contributed by atoms with Gasteiger partial charge in [0.2, 0.25) is 0 Å². The van der Waals surface area contributed by atoms with Gasteiger partial charge in [-0.05, 0) is 6.42 Å². The number of ketones is 1. The number of thioether (sulfide) groups is 1. The second kappa shape index (κ2) is 10.9. The van der Waals surface area contributed by atoms with Crippen LogP contribution in [0.3, 0.4) is 0 Å². The van der Waals surface area contributed by atoms with E-state index in [1.54, 1.807) is 4.57 Å². The standard InChI is InChI=1S/C17H25N4O6PS/c1-4-17(2,3)16(23)29-8-7-27-28(24)26-6-5-25-11-21-10-19-14-12(22)9-13(18)20-15(14)21/h10H,4-9,11H2,1-3H3,(H-,18,20,22)/p+1. The smallest absolute Gasteiger partial charge is 0.387 e. The summed E-state index contributed by atoms with van der Waals surface area (Å²) in [7, 11) is -2.28. The maximum absolute atomic E-state index is 12.0. The van der Waals surface area contributed by atoms with Crippen molar-refractivity contribution in [2.75, 3.05) is 25.6 Å². The van der Waals surface area contributed by atoms with Crippen LogP contribution in [0, 0.1) is 5.41 Å². The summed E-state index contributed by atoms with van der Waals surface area (Å²) in [6, 6.07) is 0. The molecule has 1 aromatic rings. The van der Waals surface area contributed by atoms with E-state index >= 15 is 0 Å². The van der Waals surface area contributed by atoms with Crippen LogP contribution in [0.5, 0.6) is 0 Å². The molecule has 1 atom stereocenters. The number of nitrogens with zero attached hydrogens (tertiary/aromatic N) is 3. The van der Waals surface area contributed by atoms with Crippen molar-refractivity contribution in [2.45, 2.75) is 40.3 Å². The van der Waals surface area contributed by atoms with Crippen LogP contribution in [0.4, 0.5) is 5.82 Å². The minimum Gasteiger partial charge on any atom is -0.387 e. The number of fused-ring (bicyclic) bond motifs is 1. The van der Waals surface area contributed by atoms with Crippen molar-refractivity contribution in [1.29, 1.82) is 0 Å². The van der Waals surface area contributed by atoms with Gasteiger partial charge in [-0.25, -0.2) is 9.98 Å². The Hall–Kier alpha value is -1.65. The summed E-state index contributed by atoms with van der Waals surface area (Å²) in [6.07, 6.45) is 2.28. The highest BCUT2D eigenvalue weighted by Crippen LogP contribution is 2.29. The monoisotopic (exact) mass is 445 g/mol. The number of Topliss-reactive ketones (excluding diaryl/α,β-unsaturated/α-hetero) is 1. The van der Waals surface area contributed by atoms with Gasteiger partial charge in [-0.15, -0.1) is 9.05 Å². The SMILES string of the molecule is CCC(C)(C)C(=O)SCCO[P+](=O)OCCOCn1cnc2c1N=C(N)CC2=O. The largest absolute Gasteiger partial charge is 0.697 e. The fraction of sp³-hybridized carbons (Fsp3) is 0.647. The van der Waals surface area contributed by atoms with Crippen molar-refractivity contribution in [2.24, 2.45) is 16.1 Å². The Bertz CT molecular complexity index is 795. The lowest BCUT2D eigenvalue weighted by molar-refractivity contribution is -0.118. The molecule has 0 aliphatic carbocycles. The van der Waals surface area contributed by atoms with Crippen molar-refractivity contribution >= 4 is 42.6 Å². The van der Waals surface area contributed by atoms with Gasteiger partial charge in [0.25, 0.3) is 0 Å². The Morgan fingerprint density at radius 3 is 2.79 bits per heavy atom. The number of aliphatic imine (C=N–C) groups is 1. The molecule has 0 amide bonds.